The van der Waals surface area contributed by atoms with Gasteiger partial charge in [-0.05, 0) is 41.1 Å². The van der Waals surface area contributed by atoms with E-state index in [9.17, 15) is 14.0 Å². The van der Waals surface area contributed by atoms with E-state index in [4.69, 9.17) is 0 Å². The minimum absolute atomic E-state index is 0.225. The maximum absolute atomic E-state index is 12.9. The number of hydrogen-bond donors (Lipinski definition) is 0. The standard InChI is InChI=1S/C12H11BrFNO2/c1-7(2)11(16)15(3)12(17)9-5-4-8(14)6-10(9)13/h4-6H,1H2,2-3H3. The van der Waals surface area contributed by atoms with E-state index < -0.39 is 17.6 Å². The molecule has 0 aliphatic heterocycles. The molecule has 0 saturated carbocycles. The lowest BCUT2D eigenvalue weighted by Crippen LogP contribution is -2.33. The molecule has 90 valence electrons. The van der Waals surface area contributed by atoms with Crippen LogP contribution in [0.5, 0.6) is 0 Å². The molecule has 0 fully saturated rings. The number of carbonyl (C=O) groups excluding carboxylic acids is 2. The van der Waals surface area contributed by atoms with Crippen molar-refractivity contribution in [2.75, 3.05) is 7.05 Å². The quantitative estimate of drug-likeness (QED) is 0.788. The first-order chi connectivity index (χ1) is 7.84. The Morgan fingerprint density at radius 1 is 1.41 bits per heavy atom. The van der Waals surface area contributed by atoms with Gasteiger partial charge in [0.2, 0.25) is 0 Å². The third-order valence-corrected chi connectivity index (χ3v) is 2.79. The van der Waals surface area contributed by atoms with Crippen LogP contribution in [0.1, 0.15) is 17.3 Å². The van der Waals surface area contributed by atoms with Crippen LogP contribution in [0.4, 0.5) is 4.39 Å². The Morgan fingerprint density at radius 3 is 2.47 bits per heavy atom. The first kappa shape index (κ1) is 13.6. The summed E-state index contributed by atoms with van der Waals surface area (Å²) >= 11 is 3.08. The summed E-state index contributed by atoms with van der Waals surface area (Å²) in [5, 5.41) is 0. The van der Waals surface area contributed by atoms with E-state index in [0.29, 0.717) is 4.47 Å². The minimum Gasteiger partial charge on any atom is -0.278 e. The Balaban J connectivity index is 3.05. The molecule has 0 spiro atoms. The zero-order valence-electron chi connectivity index (χ0n) is 9.46. The number of benzene rings is 1. The van der Waals surface area contributed by atoms with Crippen LogP contribution in [0.25, 0.3) is 0 Å². The van der Waals surface area contributed by atoms with Gasteiger partial charge in [0.05, 0.1) is 5.56 Å². The van der Waals surface area contributed by atoms with E-state index in [1.807, 2.05) is 0 Å². The van der Waals surface area contributed by atoms with E-state index in [1.54, 1.807) is 0 Å². The summed E-state index contributed by atoms with van der Waals surface area (Å²) in [7, 11) is 1.36. The summed E-state index contributed by atoms with van der Waals surface area (Å²) in [6.45, 7) is 4.99. The number of nitrogens with zero attached hydrogens (tertiary/aromatic N) is 1. The predicted molar refractivity (Wildman–Crippen MR) is 66.0 cm³/mol. The van der Waals surface area contributed by atoms with Gasteiger partial charge in [0.15, 0.2) is 0 Å². The maximum atomic E-state index is 12.9. The number of carbonyl (C=O) groups is 2. The Bertz CT molecular complexity index is 499. The second-order valence-electron chi connectivity index (χ2n) is 3.57. The van der Waals surface area contributed by atoms with Gasteiger partial charge in [0, 0.05) is 17.1 Å². The molecule has 17 heavy (non-hydrogen) atoms. The first-order valence-corrected chi connectivity index (χ1v) is 5.57. The van der Waals surface area contributed by atoms with Crippen LogP contribution in [-0.4, -0.2) is 23.8 Å². The second kappa shape index (κ2) is 5.23. The molecule has 1 aromatic carbocycles. The van der Waals surface area contributed by atoms with Gasteiger partial charge in [0.1, 0.15) is 5.82 Å². The third kappa shape index (κ3) is 3.00. The molecular formula is C12H11BrFNO2. The highest BCUT2D eigenvalue weighted by Gasteiger charge is 2.20. The molecule has 1 aromatic rings. The molecule has 0 bridgehead atoms. The predicted octanol–water partition coefficient (Wildman–Crippen LogP) is 2.76. The Labute approximate surface area is 107 Å². The average molecular weight is 300 g/mol. The van der Waals surface area contributed by atoms with Crippen LogP contribution in [0.3, 0.4) is 0 Å². The number of halogens is 2. The molecule has 1 rings (SSSR count). The molecule has 0 radical (unpaired) electrons. The molecule has 3 nitrogen and oxygen atoms in total. The summed E-state index contributed by atoms with van der Waals surface area (Å²) in [6, 6.07) is 3.66. The van der Waals surface area contributed by atoms with Gasteiger partial charge in [0.25, 0.3) is 11.8 Å². The topological polar surface area (TPSA) is 37.4 Å². The second-order valence-corrected chi connectivity index (χ2v) is 4.43. The molecule has 2 amide bonds. The molecule has 0 aromatic heterocycles. The minimum atomic E-state index is -0.509. The number of rotatable bonds is 2. The summed E-state index contributed by atoms with van der Waals surface area (Å²) < 4.78 is 13.2. The zero-order valence-corrected chi connectivity index (χ0v) is 11.0. The van der Waals surface area contributed by atoms with Crippen molar-refractivity contribution in [2.45, 2.75) is 6.92 Å². The van der Waals surface area contributed by atoms with E-state index in [2.05, 4.69) is 22.5 Å². The van der Waals surface area contributed by atoms with Crippen molar-refractivity contribution in [3.05, 3.63) is 46.2 Å². The molecule has 0 saturated heterocycles. The normalized spacial score (nSPS) is 9.88. The van der Waals surface area contributed by atoms with Crippen molar-refractivity contribution in [3.63, 3.8) is 0 Å². The number of amides is 2. The number of likely N-dealkylation sites (N-methyl/N-ethyl adjacent to an activating group) is 1. The molecule has 0 unspecified atom stereocenters. The van der Waals surface area contributed by atoms with Crippen LogP contribution in [-0.2, 0) is 4.79 Å². The molecule has 0 aliphatic carbocycles. The van der Waals surface area contributed by atoms with Crippen molar-refractivity contribution in [1.82, 2.24) is 4.90 Å². The Hall–Kier alpha value is -1.49. The van der Waals surface area contributed by atoms with Crippen molar-refractivity contribution >= 4 is 27.7 Å². The smallest absolute Gasteiger partial charge is 0.261 e. The van der Waals surface area contributed by atoms with Crippen LogP contribution >= 0.6 is 15.9 Å². The van der Waals surface area contributed by atoms with E-state index in [1.165, 1.54) is 26.1 Å². The van der Waals surface area contributed by atoms with Gasteiger partial charge in [-0.3, -0.25) is 14.5 Å². The van der Waals surface area contributed by atoms with Gasteiger partial charge in [-0.25, -0.2) is 4.39 Å². The molecule has 0 atom stereocenters. The molecule has 0 heterocycles. The molecular weight excluding hydrogens is 289 g/mol. The van der Waals surface area contributed by atoms with E-state index >= 15 is 0 Å². The Kier molecular flexibility index (Phi) is 4.17. The lowest BCUT2D eigenvalue weighted by Gasteiger charge is -2.16. The Morgan fingerprint density at radius 2 is 2.00 bits per heavy atom. The lowest BCUT2D eigenvalue weighted by atomic mass is 10.2. The largest absolute Gasteiger partial charge is 0.278 e. The van der Waals surface area contributed by atoms with E-state index in [0.717, 1.165) is 11.0 Å². The van der Waals surface area contributed by atoms with Crippen LogP contribution in [0.2, 0.25) is 0 Å². The van der Waals surface area contributed by atoms with Gasteiger partial charge < -0.3 is 0 Å². The molecule has 0 N–H and O–H groups in total. The van der Waals surface area contributed by atoms with Crippen LogP contribution in [0, 0.1) is 5.82 Å². The van der Waals surface area contributed by atoms with Gasteiger partial charge in [-0.15, -0.1) is 0 Å². The fourth-order valence-corrected chi connectivity index (χ4v) is 1.74. The maximum Gasteiger partial charge on any atom is 0.261 e. The molecule has 5 heteroatoms. The summed E-state index contributed by atoms with van der Waals surface area (Å²) in [5.74, 6) is -1.43. The lowest BCUT2D eigenvalue weighted by molar-refractivity contribution is -0.123. The van der Waals surface area contributed by atoms with Gasteiger partial charge >= 0.3 is 0 Å². The number of imide groups is 1. The fraction of sp³-hybridized carbons (Fsp3) is 0.167. The van der Waals surface area contributed by atoms with Crippen molar-refractivity contribution in [1.29, 1.82) is 0 Å². The highest BCUT2D eigenvalue weighted by Crippen LogP contribution is 2.19. The van der Waals surface area contributed by atoms with Crippen molar-refractivity contribution in [3.8, 4) is 0 Å². The van der Waals surface area contributed by atoms with Gasteiger partial charge in [-0.2, -0.15) is 0 Å². The van der Waals surface area contributed by atoms with Crippen LogP contribution < -0.4 is 0 Å². The number of hydrogen-bond acceptors (Lipinski definition) is 2. The monoisotopic (exact) mass is 299 g/mol. The molecule has 0 aliphatic rings. The van der Waals surface area contributed by atoms with Crippen molar-refractivity contribution < 1.29 is 14.0 Å². The third-order valence-electron chi connectivity index (χ3n) is 2.14. The van der Waals surface area contributed by atoms with E-state index in [-0.39, 0.29) is 11.1 Å². The summed E-state index contributed by atoms with van der Waals surface area (Å²) in [6.07, 6.45) is 0. The summed E-state index contributed by atoms with van der Waals surface area (Å²) in [5.41, 5.74) is 0.489. The van der Waals surface area contributed by atoms with Crippen molar-refractivity contribution in [2.24, 2.45) is 0 Å². The first-order valence-electron chi connectivity index (χ1n) is 4.77. The SMILES string of the molecule is C=C(C)C(=O)N(C)C(=O)c1ccc(F)cc1Br. The fourth-order valence-electron chi connectivity index (χ4n) is 1.22. The van der Waals surface area contributed by atoms with Crippen LogP contribution in [0.15, 0.2) is 34.8 Å². The summed E-state index contributed by atoms with van der Waals surface area (Å²) in [4.78, 5) is 24.4. The average Bonchev–Trinajstić information content (AvgIpc) is 2.26. The zero-order chi connectivity index (χ0) is 13.2. The highest BCUT2D eigenvalue weighted by atomic mass is 79.9. The highest BCUT2D eigenvalue weighted by molar-refractivity contribution is 9.10. The van der Waals surface area contributed by atoms with Gasteiger partial charge in [-0.1, -0.05) is 6.58 Å².